The second kappa shape index (κ2) is 12.7. The van der Waals surface area contributed by atoms with Crippen LogP contribution in [0.2, 0.25) is 0 Å². The number of halogens is 1. The van der Waals surface area contributed by atoms with E-state index in [2.05, 4.69) is 96.8 Å². The smallest absolute Gasteiger partial charge is 0.123 e. The Morgan fingerprint density at radius 2 is 1.02 bits per heavy atom. The highest BCUT2D eigenvalue weighted by molar-refractivity contribution is 5.80. The zero-order chi connectivity index (χ0) is 28.7. The quantitative estimate of drug-likeness (QED) is 0.179. The van der Waals surface area contributed by atoms with Crippen molar-refractivity contribution in [1.82, 2.24) is 4.98 Å². The molecule has 0 bridgehead atoms. The Morgan fingerprint density at radius 3 is 1.62 bits per heavy atom. The van der Waals surface area contributed by atoms with Gasteiger partial charge in [0.15, 0.2) is 0 Å². The first kappa shape index (κ1) is 27.2. The number of hydrogen-bond acceptors (Lipinski definition) is 2. The summed E-state index contributed by atoms with van der Waals surface area (Å²) in [6.07, 6.45) is 3.49. The van der Waals surface area contributed by atoms with Crippen LogP contribution in [-0.2, 0) is 6.42 Å². The summed E-state index contributed by atoms with van der Waals surface area (Å²) < 4.78 is 13.8. The molecule has 0 aliphatic rings. The third-order valence-electron chi connectivity index (χ3n) is 7.52. The highest BCUT2D eigenvalue weighted by atomic mass is 19.1. The fraction of sp³-hybridized carbons (Fsp3) is 0.103. The number of unbranched alkanes of at least 4 members (excludes halogenated alkanes) is 1. The van der Waals surface area contributed by atoms with E-state index >= 15 is 0 Å². The van der Waals surface area contributed by atoms with Gasteiger partial charge in [0.1, 0.15) is 5.82 Å². The largest absolute Gasteiger partial charge is 0.311 e. The van der Waals surface area contributed by atoms with Crippen LogP contribution in [0.3, 0.4) is 0 Å². The molecule has 6 rings (SSSR count). The summed E-state index contributed by atoms with van der Waals surface area (Å²) in [6.45, 7) is 2.23. The van der Waals surface area contributed by atoms with E-state index in [1.54, 1.807) is 0 Å². The van der Waals surface area contributed by atoms with Gasteiger partial charge >= 0.3 is 0 Å². The molecule has 0 saturated heterocycles. The second-order valence-corrected chi connectivity index (χ2v) is 10.5. The fourth-order valence-corrected chi connectivity index (χ4v) is 5.24. The number of benzene rings is 5. The number of aryl methyl sites for hydroxylation is 1. The molecule has 6 aromatic rings. The van der Waals surface area contributed by atoms with Gasteiger partial charge in [-0.1, -0.05) is 98.3 Å². The number of rotatable bonds is 9. The zero-order valence-corrected chi connectivity index (χ0v) is 23.8. The molecular formula is C39H33FN2. The van der Waals surface area contributed by atoms with Crippen molar-refractivity contribution in [3.63, 3.8) is 0 Å². The van der Waals surface area contributed by atoms with Gasteiger partial charge in [0.2, 0.25) is 0 Å². The molecule has 0 N–H and O–H groups in total. The summed E-state index contributed by atoms with van der Waals surface area (Å²) in [6, 6.07) is 48.8. The lowest BCUT2D eigenvalue weighted by molar-refractivity contribution is 0.628. The lowest BCUT2D eigenvalue weighted by atomic mass is 9.98. The van der Waals surface area contributed by atoms with E-state index in [-0.39, 0.29) is 5.82 Å². The van der Waals surface area contributed by atoms with Gasteiger partial charge in [-0.15, -0.1) is 0 Å². The minimum Gasteiger partial charge on any atom is -0.311 e. The molecule has 3 heteroatoms. The lowest BCUT2D eigenvalue weighted by Crippen LogP contribution is -2.09. The van der Waals surface area contributed by atoms with Crippen molar-refractivity contribution in [2.24, 2.45) is 0 Å². The molecule has 0 atom stereocenters. The summed E-state index contributed by atoms with van der Waals surface area (Å²) >= 11 is 0. The number of hydrogen-bond donors (Lipinski definition) is 0. The molecule has 0 radical (unpaired) electrons. The summed E-state index contributed by atoms with van der Waals surface area (Å²) in [5.41, 5.74) is 10.6. The van der Waals surface area contributed by atoms with Crippen molar-refractivity contribution in [2.45, 2.75) is 26.2 Å². The third kappa shape index (κ3) is 6.16. The van der Waals surface area contributed by atoms with E-state index in [0.29, 0.717) is 0 Å². The second-order valence-electron chi connectivity index (χ2n) is 10.5. The third-order valence-corrected chi connectivity index (χ3v) is 7.52. The molecule has 206 valence electrons. The van der Waals surface area contributed by atoms with E-state index in [1.165, 1.54) is 30.5 Å². The average molecular weight is 549 g/mol. The molecule has 0 aliphatic carbocycles. The molecule has 42 heavy (non-hydrogen) atoms. The monoisotopic (exact) mass is 548 g/mol. The number of nitrogens with zero attached hydrogens (tertiary/aromatic N) is 2. The maximum atomic E-state index is 13.8. The summed E-state index contributed by atoms with van der Waals surface area (Å²) in [5.74, 6) is -0.250. The van der Waals surface area contributed by atoms with Gasteiger partial charge in [0, 0.05) is 28.2 Å². The van der Waals surface area contributed by atoms with Gasteiger partial charge in [-0.3, -0.25) is 0 Å². The minimum absolute atomic E-state index is 0.250. The number of anilines is 3. The molecule has 1 heterocycles. The van der Waals surface area contributed by atoms with Crippen LogP contribution in [0.15, 0.2) is 146 Å². The van der Waals surface area contributed by atoms with Crippen molar-refractivity contribution >= 4 is 17.1 Å². The van der Waals surface area contributed by atoms with Gasteiger partial charge in [-0.05, 0) is 90.2 Å². The topological polar surface area (TPSA) is 16.1 Å². The van der Waals surface area contributed by atoms with E-state index in [0.717, 1.165) is 57.1 Å². The van der Waals surface area contributed by atoms with Crippen LogP contribution >= 0.6 is 0 Å². The Kier molecular flexibility index (Phi) is 8.19. The van der Waals surface area contributed by atoms with Crippen molar-refractivity contribution in [3.8, 4) is 33.6 Å². The van der Waals surface area contributed by atoms with Gasteiger partial charge in [0.25, 0.3) is 0 Å². The number of aromatic nitrogens is 1. The highest BCUT2D eigenvalue weighted by Crippen LogP contribution is 2.36. The van der Waals surface area contributed by atoms with E-state index < -0.39 is 0 Å². The van der Waals surface area contributed by atoms with Crippen molar-refractivity contribution in [3.05, 3.63) is 157 Å². The average Bonchev–Trinajstić information content (AvgIpc) is 3.06. The molecule has 5 aromatic carbocycles. The van der Waals surface area contributed by atoms with E-state index in [4.69, 9.17) is 4.98 Å². The maximum Gasteiger partial charge on any atom is 0.123 e. The molecule has 0 unspecified atom stereocenters. The Bertz CT molecular complexity index is 1730. The van der Waals surface area contributed by atoms with Crippen molar-refractivity contribution in [1.29, 1.82) is 0 Å². The fourth-order valence-electron chi connectivity index (χ4n) is 5.24. The van der Waals surface area contributed by atoms with Crippen LogP contribution in [0.4, 0.5) is 21.5 Å². The Hall–Kier alpha value is -5.02. The van der Waals surface area contributed by atoms with Crippen LogP contribution in [0.5, 0.6) is 0 Å². The first-order chi connectivity index (χ1) is 20.7. The van der Waals surface area contributed by atoms with Gasteiger partial charge in [-0.2, -0.15) is 0 Å². The molecule has 0 spiro atoms. The first-order valence-corrected chi connectivity index (χ1v) is 14.6. The number of pyridine rings is 1. The molecular weight excluding hydrogens is 515 g/mol. The van der Waals surface area contributed by atoms with Gasteiger partial charge < -0.3 is 4.90 Å². The summed E-state index contributed by atoms with van der Waals surface area (Å²) in [4.78, 5) is 7.22. The lowest BCUT2D eigenvalue weighted by Gasteiger charge is -2.25. The van der Waals surface area contributed by atoms with E-state index in [1.807, 2.05) is 48.5 Å². The van der Waals surface area contributed by atoms with Crippen LogP contribution in [0, 0.1) is 5.82 Å². The SMILES string of the molecule is CCCCc1ccc(-c2cc(-c3ccc(N(c4ccccc4)c4ccc(F)cc4)cc3)cc(-c3ccccc3)n2)cc1. The molecule has 0 aliphatic heterocycles. The van der Waals surface area contributed by atoms with Crippen LogP contribution in [0.25, 0.3) is 33.6 Å². The predicted octanol–water partition coefficient (Wildman–Crippen LogP) is 11.0. The van der Waals surface area contributed by atoms with E-state index in [9.17, 15) is 4.39 Å². The van der Waals surface area contributed by atoms with Gasteiger partial charge in [0.05, 0.1) is 11.4 Å². The van der Waals surface area contributed by atoms with Crippen LogP contribution in [0.1, 0.15) is 25.3 Å². The highest BCUT2D eigenvalue weighted by Gasteiger charge is 2.14. The minimum atomic E-state index is -0.250. The van der Waals surface area contributed by atoms with Crippen molar-refractivity contribution in [2.75, 3.05) is 4.90 Å². The van der Waals surface area contributed by atoms with Crippen molar-refractivity contribution < 1.29 is 4.39 Å². The Balaban J connectivity index is 1.39. The Morgan fingerprint density at radius 1 is 0.524 bits per heavy atom. The molecule has 1 aromatic heterocycles. The molecule has 0 saturated carbocycles. The first-order valence-electron chi connectivity index (χ1n) is 14.6. The molecule has 0 amide bonds. The van der Waals surface area contributed by atoms with Gasteiger partial charge in [-0.25, -0.2) is 9.37 Å². The molecule has 0 fully saturated rings. The number of para-hydroxylation sites is 1. The zero-order valence-electron chi connectivity index (χ0n) is 23.8. The van der Waals surface area contributed by atoms with Crippen LogP contribution < -0.4 is 4.90 Å². The summed E-state index contributed by atoms with van der Waals surface area (Å²) in [7, 11) is 0. The molecule has 2 nitrogen and oxygen atoms in total. The Labute approximate surface area is 247 Å². The normalized spacial score (nSPS) is 10.9. The maximum absolute atomic E-state index is 13.8. The summed E-state index contributed by atoms with van der Waals surface area (Å²) in [5, 5.41) is 0. The predicted molar refractivity (Wildman–Crippen MR) is 174 cm³/mol. The standard InChI is InChI=1S/C39H33FN2/c1-2-3-10-29-15-17-32(18-16-29)39-28-33(27-38(41-39)31-11-6-4-7-12-31)30-19-23-36(24-20-30)42(35-13-8-5-9-14-35)37-25-21-34(40)22-26-37/h4-9,11-28H,2-3,10H2,1H3. The van der Waals surface area contributed by atoms with Crippen LogP contribution in [-0.4, -0.2) is 4.98 Å².